The smallest absolute Gasteiger partial charge is 0.285 e. The zero-order valence-electron chi connectivity index (χ0n) is 8.91. The van der Waals surface area contributed by atoms with Crippen LogP contribution in [0.4, 0.5) is 13.2 Å². The average molecular weight is 299 g/mol. The SMILES string of the molecule is CCOC(OCC)(OS(=O)(=O)C(F)(F)F)[PH+]=O. The summed E-state index contributed by atoms with van der Waals surface area (Å²) in [4.78, 5) is 0. The highest BCUT2D eigenvalue weighted by molar-refractivity contribution is 7.87. The van der Waals surface area contributed by atoms with Gasteiger partial charge in [0.05, 0.1) is 13.2 Å². The molecule has 0 aromatic carbocycles. The Hall–Kier alpha value is -0.280. The molecule has 0 saturated heterocycles. The van der Waals surface area contributed by atoms with E-state index in [0.29, 0.717) is 0 Å². The third-order valence-corrected chi connectivity index (χ3v) is 3.09. The van der Waals surface area contributed by atoms with E-state index in [4.69, 9.17) is 0 Å². The van der Waals surface area contributed by atoms with Crippen LogP contribution in [0.2, 0.25) is 0 Å². The predicted molar refractivity (Wildman–Crippen MR) is 51.0 cm³/mol. The third kappa shape index (κ3) is 4.47. The Kier molecular flexibility index (Phi) is 5.95. The van der Waals surface area contributed by atoms with Gasteiger partial charge in [-0.3, -0.25) is 9.47 Å². The summed E-state index contributed by atoms with van der Waals surface area (Å²) in [6.45, 7) is 2.19. The molecular formula is C6H11F3O6PS+. The summed E-state index contributed by atoms with van der Waals surface area (Å²) in [5.41, 5.74) is -8.40. The van der Waals surface area contributed by atoms with Crippen molar-refractivity contribution >= 4 is 18.6 Å². The van der Waals surface area contributed by atoms with Gasteiger partial charge in [-0.1, -0.05) is 4.57 Å². The zero-order chi connectivity index (χ0) is 13.7. The molecule has 0 bridgehead atoms. The van der Waals surface area contributed by atoms with Crippen molar-refractivity contribution in [3.63, 3.8) is 0 Å². The Bertz CT molecular complexity index is 347. The fraction of sp³-hybridized carbons (Fsp3) is 1.00. The van der Waals surface area contributed by atoms with Gasteiger partial charge in [0.2, 0.25) is 0 Å². The summed E-state index contributed by atoms with van der Waals surface area (Å²) in [6, 6.07) is 0. The lowest BCUT2D eigenvalue weighted by Crippen LogP contribution is -2.40. The summed E-state index contributed by atoms with van der Waals surface area (Å²) in [7, 11) is -7.67. The van der Waals surface area contributed by atoms with Crippen LogP contribution in [0.1, 0.15) is 13.8 Å². The Morgan fingerprint density at radius 3 is 1.76 bits per heavy atom. The second-order valence-corrected chi connectivity index (χ2v) is 4.86. The van der Waals surface area contributed by atoms with Crippen molar-refractivity contribution in [3.05, 3.63) is 0 Å². The first-order valence-corrected chi connectivity index (χ1v) is 6.65. The molecule has 0 amide bonds. The Morgan fingerprint density at radius 1 is 1.12 bits per heavy atom. The highest BCUT2D eigenvalue weighted by Crippen LogP contribution is 2.35. The molecule has 0 rings (SSSR count). The van der Waals surface area contributed by atoms with Crippen molar-refractivity contribution in [1.29, 1.82) is 0 Å². The van der Waals surface area contributed by atoms with Gasteiger partial charge in [0, 0.05) is 0 Å². The molecule has 1 atom stereocenters. The predicted octanol–water partition coefficient (Wildman–Crippen LogP) is 1.56. The molecule has 0 aromatic heterocycles. The molecule has 6 nitrogen and oxygen atoms in total. The molecule has 0 aliphatic heterocycles. The van der Waals surface area contributed by atoms with Gasteiger partial charge >= 0.3 is 29.8 Å². The number of hydrogen-bond acceptors (Lipinski definition) is 6. The van der Waals surface area contributed by atoms with Gasteiger partial charge in [-0.25, -0.2) is 0 Å². The number of hydrogen-bond donors (Lipinski definition) is 0. The molecule has 11 heteroatoms. The summed E-state index contributed by atoms with van der Waals surface area (Å²) in [5, 5.41) is 0. The lowest BCUT2D eigenvalue weighted by molar-refractivity contribution is -0.279. The quantitative estimate of drug-likeness (QED) is 0.307. The number of ether oxygens (including phenoxy) is 2. The first kappa shape index (κ1) is 16.7. The second-order valence-electron chi connectivity index (χ2n) is 2.51. The van der Waals surface area contributed by atoms with Gasteiger partial charge in [0.25, 0.3) is 0 Å². The van der Waals surface area contributed by atoms with Gasteiger partial charge in [-0.15, -0.1) is 0 Å². The zero-order valence-corrected chi connectivity index (χ0v) is 10.7. The van der Waals surface area contributed by atoms with E-state index in [1.165, 1.54) is 13.8 Å². The summed E-state index contributed by atoms with van der Waals surface area (Å²) < 4.78 is 81.2. The minimum Gasteiger partial charge on any atom is -0.285 e. The lowest BCUT2D eigenvalue weighted by Gasteiger charge is -2.19. The molecule has 0 saturated carbocycles. The monoisotopic (exact) mass is 299 g/mol. The molecule has 0 radical (unpaired) electrons. The minimum absolute atomic E-state index is 0.247. The van der Waals surface area contributed by atoms with Crippen LogP contribution in [0.25, 0.3) is 0 Å². The molecule has 0 fully saturated rings. The van der Waals surface area contributed by atoms with Gasteiger partial charge in [-0.05, 0) is 13.8 Å². The Morgan fingerprint density at radius 2 is 1.53 bits per heavy atom. The maximum atomic E-state index is 12.1. The summed E-state index contributed by atoms with van der Waals surface area (Å²) in [5.74, 6) is 0. The summed E-state index contributed by atoms with van der Waals surface area (Å²) in [6.07, 6.45) is 0. The molecule has 0 spiro atoms. The van der Waals surface area contributed by atoms with Crippen LogP contribution in [0, 0.1) is 0 Å². The Balaban J connectivity index is 5.18. The molecule has 1 unspecified atom stereocenters. The van der Waals surface area contributed by atoms with E-state index in [-0.39, 0.29) is 13.2 Å². The maximum absolute atomic E-state index is 12.1. The van der Waals surface area contributed by atoms with Crippen LogP contribution in [-0.4, -0.2) is 32.9 Å². The maximum Gasteiger partial charge on any atom is 0.523 e. The normalized spacial score (nSPS) is 14.2. The first-order valence-electron chi connectivity index (χ1n) is 4.33. The molecule has 0 aliphatic carbocycles. The van der Waals surface area contributed by atoms with Crippen molar-refractivity contribution < 1.29 is 39.8 Å². The van der Waals surface area contributed by atoms with Crippen molar-refractivity contribution in [1.82, 2.24) is 0 Å². The van der Waals surface area contributed by atoms with E-state index < -0.39 is 29.8 Å². The van der Waals surface area contributed by atoms with Crippen LogP contribution in [0.3, 0.4) is 0 Å². The van der Waals surface area contributed by atoms with Crippen LogP contribution >= 0.6 is 8.46 Å². The highest BCUT2D eigenvalue weighted by Gasteiger charge is 2.57. The van der Waals surface area contributed by atoms with E-state index in [1.54, 1.807) is 0 Å². The summed E-state index contributed by atoms with van der Waals surface area (Å²) >= 11 is 0. The van der Waals surface area contributed by atoms with Gasteiger partial charge in [-0.2, -0.15) is 25.8 Å². The van der Waals surface area contributed by atoms with E-state index in [1.807, 2.05) is 0 Å². The van der Waals surface area contributed by atoms with Crippen molar-refractivity contribution in [2.24, 2.45) is 0 Å². The van der Waals surface area contributed by atoms with E-state index >= 15 is 0 Å². The average Bonchev–Trinajstić information content (AvgIpc) is 2.16. The van der Waals surface area contributed by atoms with Crippen molar-refractivity contribution in [2.45, 2.75) is 25.1 Å². The minimum atomic E-state index is -5.95. The fourth-order valence-electron chi connectivity index (χ4n) is 0.737. The lowest BCUT2D eigenvalue weighted by atomic mass is 10.8. The second kappa shape index (κ2) is 6.05. The van der Waals surface area contributed by atoms with Crippen molar-refractivity contribution in [2.75, 3.05) is 13.2 Å². The van der Waals surface area contributed by atoms with E-state index in [0.717, 1.165) is 0 Å². The molecule has 0 aromatic rings. The van der Waals surface area contributed by atoms with Gasteiger partial charge in [0.1, 0.15) is 0 Å². The Labute approximate surface area is 97.4 Å². The molecule has 102 valence electrons. The molecule has 0 heterocycles. The third-order valence-electron chi connectivity index (χ3n) is 1.30. The standard InChI is InChI=1S/C6H10F3O6PS/c1-3-13-6(16-10,14-4-2)15-17(11,12)5(7,8)9/h3-4H2,1-2H3/p+1. The van der Waals surface area contributed by atoms with E-state index in [9.17, 15) is 26.2 Å². The molecule has 0 N–H and O–H groups in total. The van der Waals surface area contributed by atoms with Crippen LogP contribution < -0.4 is 0 Å². The highest BCUT2D eigenvalue weighted by atomic mass is 32.2. The van der Waals surface area contributed by atoms with E-state index in [2.05, 4.69) is 13.7 Å². The van der Waals surface area contributed by atoms with Gasteiger partial charge < -0.3 is 0 Å². The first-order chi connectivity index (χ1) is 7.64. The molecule has 17 heavy (non-hydrogen) atoms. The van der Waals surface area contributed by atoms with Crippen LogP contribution in [-0.2, 0) is 28.3 Å². The van der Waals surface area contributed by atoms with Crippen LogP contribution in [0.5, 0.6) is 0 Å². The van der Waals surface area contributed by atoms with Gasteiger partial charge in [0.15, 0.2) is 0 Å². The molecular weight excluding hydrogens is 288 g/mol. The van der Waals surface area contributed by atoms with Crippen molar-refractivity contribution in [3.8, 4) is 0 Å². The number of rotatable bonds is 7. The molecule has 0 aliphatic rings. The largest absolute Gasteiger partial charge is 0.523 e. The fourth-order valence-corrected chi connectivity index (χ4v) is 2.09. The number of alkyl halides is 3. The van der Waals surface area contributed by atoms with Crippen LogP contribution in [0.15, 0.2) is 0 Å². The topological polar surface area (TPSA) is 78.9 Å². The number of halogens is 3.